The SMILES string of the molecule is Cl.NC(=O)COc1cccc(C(=O)N2CCCC(CNC(=O)C3CCCN3)C2)c1. The van der Waals surface area contributed by atoms with Crippen molar-refractivity contribution in [3.05, 3.63) is 29.8 Å². The van der Waals surface area contributed by atoms with Crippen molar-refractivity contribution in [2.24, 2.45) is 11.7 Å². The number of carbonyl (C=O) groups excluding carboxylic acids is 3. The molecule has 2 heterocycles. The van der Waals surface area contributed by atoms with E-state index in [1.807, 2.05) is 4.90 Å². The first-order valence-electron chi connectivity index (χ1n) is 9.84. The van der Waals surface area contributed by atoms with Gasteiger partial charge in [0.1, 0.15) is 5.75 Å². The van der Waals surface area contributed by atoms with Gasteiger partial charge in [0.25, 0.3) is 11.8 Å². The number of hydrogen-bond acceptors (Lipinski definition) is 5. The lowest BCUT2D eigenvalue weighted by molar-refractivity contribution is -0.123. The molecule has 1 aromatic rings. The van der Waals surface area contributed by atoms with E-state index in [1.165, 1.54) is 0 Å². The molecule has 0 radical (unpaired) electrons. The highest BCUT2D eigenvalue weighted by Gasteiger charge is 2.27. The van der Waals surface area contributed by atoms with Crippen molar-refractivity contribution in [1.82, 2.24) is 15.5 Å². The molecule has 2 atom stereocenters. The lowest BCUT2D eigenvalue weighted by atomic mass is 9.97. The predicted octanol–water partition coefficient (Wildman–Crippen LogP) is 0.693. The fourth-order valence-electron chi connectivity index (χ4n) is 3.75. The highest BCUT2D eigenvalue weighted by molar-refractivity contribution is 5.94. The van der Waals surface area contributed by atoms with Crippen molar-refractivity contribution in [3.63, 3.8) is 0 Å². The highest BCUT2D eigenvalue weighted by Crippen LogP contribution is 2.20. The molecule has 0 aromatic heterocycles. The van der Waals surface area contributed by atoms with Crippen LogP contribution in [-0.4, -0.2) is 61.4 Å². The molecule has 0 spiro atoms. The second-order valence-electron chi connectivity index (χ2n) is 7.44. The number of hydrogen-bond donors (Lipinski definition) is 3. The van der Waals surface area contributed by atoms with E-state index < -0.39 is 5.91 Å². The monoisotopic (exact) mass is 424 g/mol. The van der Waals surface area contributed by atoms with Gasteiger partial charge in [-0.25, -0.2) is 0 Å². The van der Waals surface area contributed by atoms with Crippen molar-refractivity contribution in [2.45, 2.75) is 31.7 Å². The number of primary amides is 1. The minimum Gasteiger partial charge on any atom is -0.484 e. The number of amides is 3. The molecule has 3 amide bonds. The van der Waals surface area contributed by atoms with Crippen LogP contribution in [0.5, 0.6) is 5.75 Å². The summed E-state index contributed by atoms with van der Waals surface area (Å²) in [6.45, 7) is 2.57. The molecular formula is C20H29ClN4O4. The van der Waals surface area contributed by atoms with Crippen LogP contribution in [-0.2, 0) is 9.59 Å². The van der Waals surface area contributed by atoms with Crippen molar-refractivity contribution < 1.29 is 19.1 Å². The van der Waals surface area contributed by atoms with E-state index in [2.05, 4.69) is 10.6 Å². The van der Waals surface area contributed by atoms with Crippen LogP contribution in [0.15, 0.2) is 24.3 Å². The number of nitrogens with one attached hydrogen (secondary N) is 2. The van der Waals surface area contributed by atoms with Crippen molar-refractivity contribution in [1.29, 1.82) is 0 Å². The summed E-state index contributed by atoms with van der Waals surface area (Å²) < 4.78 is 5.28. The summed E-state index contributed by atoms with van der Waals surface area (Å²) in [6, 6.07) is 6.69. The molecule has 0 bridgehead atoms. The number of halogens is 1. The molecule has 160 valence electrons. The molecule has 29 heavy (non-hydrogen) atoms. The van der Waals surface area contributed by atoms with Crippen LogP contribution in [0.4, 0.5) is 0 Å². The average Bonchev–Trinajstić information content (AvgIpc) is 3.25. The van der Waals surface area contributed by atoms with Crippen LogP contribution in [0.25, 0.3) is 0 Å². The van der Waals surface area contributed by atoms with Gasteiger partial charge in [0.2, 0.25) is 5.91 Å². The minimum absolute atomic E-state index is 0. The smallest absolute Gasteiger partial charge is 0.255 e. The maximum absolute atomic E-state index is 12.9. The molecule has 2 saturated heterocycles. The van der Waals surface area contributed by atoms with Crippen LogP contribution < -0.4 is 21.1 Å². The lowest BCUT2D eigenvalue weighted by Gasteiger charge is -2.33. The van der Waals surface area contributed by atoms with Gasteiger partial charge in [-0.15, -0.1) is 12.4 Å². The Kier molecular flexibility index (Phi) is 8.72. The van der Waals surface area contributed by atoms with Gasteiger partial charge in [0, 0.05) is 25.2 Å². The van der Waals surface area contributed by atoms with E-state index in [1.54, 1.807) is 24.3 Å². The maximum Gasteiger partial charge on any atom is 0.255 e. The number of nitrogens with two attached hydrogens (primary N) is 1. The van der Waals surface area contributed by atoms with E-state index in [-0.39, 0.29) is 42.8 Å². The normalized spacial score (nSPS) is 21.2. The Morgan fingerprint density at radius 1 is 1.24 bits per heavy atom. The predicted molar refractivity (Wildman–Crippen MR) is 111 cm³/mol. The maximum atomic E-state index is 12.9. The van der Waals surface area contributed by atoms with Gasteiger partial charge in [-0.05, 0) is 56.3 Å². The fourth-order valence-corrected chi connectivity index (χ4v) is 3.75. The third kappa shape index (κ3) is 6.61. The number of carbonyl (C=O) groups is 3. The van der Waals surface area contributed by atoms with Gasteiger partial charge >= 0.3 is 0 Å². The largest absolute Gasteiger partial charge is 0.484 e. The number of rotatable bonds is 7. The lowest BCUT2D eigenvalue weighted by Crippen LogP contribution is -2.46. The van der Waals surface area contributed by atoms with Gasteiger partial charge < -0.3 is 26.0 Å². The second-order valence-corrected chi connectivity index (χ2v) is 7.44. The van der Waals surface area contributed by atoms with Gasteiger partial charge in [-0.1, -0.05) is 6.07 Å². The molecule has 4 N–H and O–H groups in total. The summed E-state index contributed by atoms with van der Waals surface area (Å²) in [4.78, 5) is 37.7. The zero-order valence-corrected chi connectivity index (χ0v) is 17.2. The molecule has 0 saturated carbocycles. The Morgan fingerprint density at radius 3 is 2.79 bits per heavy atom. The third-order valence-corrected chi connectivity index (χ3v) is 5.21. The fraction of sp³-hybridized carbons (Fsp3) is 0.550. The molecular weight excluding hydrogens is 396 g/mol. The zero-order valence-electron chi connectivity index (χ0n) is 16.4. The number of benzene rings is 1. The molecule has 2 aliphatic heterocycles. The molecule has 0 aliphatic carbocycles. The number of ether oxygens (including phenoxy) is 1. The van der Waals surface area contributed by atoms with Gasteiger partial charge in [-0.3, -0.25) is 14.4 Å². The Balaban J connectivity index is 0.00000300. The first-order chi connectivity index (χ1) is 13.5. The molecule has 3 rings (SSSR count). The second kappa shape index (κ2) is 11.0. The topological polar surface area (TPSA) is 114 Å². The Labute approximate surface area is 176 Å². The first kappa shape index (κ1) is 23.0. The van der Waals surface area contributed by atoms with E-state index in [0.717, 1.165) is 32.2 Å². The van der Waals surface area contributed by atoms with Crippen LogP contribution in [0, 0.1) is 5.92 Å². The summed E-state index contributed by atoms with van der Waals surface area (Å²) in [5.74, 6) is 0.107. The highest BCUT2D eigenvalue weighted by atomic mass is 35.5. The van der Waals surface area contributed by atoms with Gasteiger partial charge in [0.05, 0.1) is 6.04 Å². The summed E-state index contributed by atoms with van der Waals surface area (Å²) in [5, 5.41) is 6.22. The number of nitrogens with zero attached hydrogens (tertiary/aromatic N) is 1. The van der Waals surface area contributed by atoms with E-state index >= 15 is 0 Å². The molecule has 2 unspecified atom stereocenters. The number of likely N-dealkylation sites (tertiary alicyclic amines) is 1. The van der Waals surface area contributed by atoms with Crippen molar-refractivity contribution in [3.8, 4) is 5.75 Å². The van der Waals surface area contributed by atoms with Crippen LogP contribution in [0.3, 0.4) is 0 Å². The minimum atomic E-state index is -0.564. The zero-order chi connectivity index (χ0) is 19.9. The Morgan fingerprint density at radius 2 is 2.07 bits per heavy atom. The standard InChI is InChI=1S/C20H28N4O4.ClH/c21-18(25)13-28-16-6-1-5-15(10-16)20(27)24-9-3-4-14(12-24)11-23-19(26)17-7-2-8-22-17;/h1,5-6,10,14,17,22H,2-4,7-9,11-13H2,(H2,21,25)(H,23,26);1H. The molecule has 2 fully saturated rings. The van der Waals surface area contributed by atoms with Gasteiger partial charge in [0.15, 0.2) is 6.61 Å². The van der Waals surface area contributed by atoms with Crippen LogP contribution in [0.1, 0.15) is 36.0 Å². The average molecular weight is 425 g/mol. The summed E-state index contributed by atoms with van der Waals surface area (Å²) in [6.07, 6.45) is 3.82. The summed E-state index contributed by atoms with van der Waals surface area (Å²) in [7, 11) is 0. The molecule has 9 heteroatoms. The van der Waals surface area contributed by atoms with E-state index in [0.29, 0.717) is 30.9 Å². The van der Waals surface area contributed by atoms with E-state index in [9.17, 15) is 14.4 Å². The summed E-state index contributed by atoms with van der Waals surface area (Å²) >= 11 is 0. The molecule has 8 nitrogen and oxygen atoms in total. The van der Waals surface area contributed by atoms with Gasteiger partial charge in [-0.2, -0.15) is 0 Å². The van der Waals surface area contributed by atoms with Crippen LogP contribution in [0.2, 0.25) is 0 Å². The Bertz CT molecular complexity index is 724. The summed E-state index contributed by atoms with van der Waals surface area (Å²) in [5.41, 5.74) is 5.60. The first-order valence-corrected chi connectivity index (χ1v) is 9.84. The third-order valence-electron chi connectivity index (χ3n) is 5.21. The van der Waals surface area contributed by atoms with Crippen molar-refractivity contribution in [2.75, 3.05) is 32.8 Å². The van der Waals surface area contributed by atoms with E-state index in [4.69, 9.17) is 10.5 Å². The molecule has 1 aromatic carbocycles. The van der Waals surface area contributed by atoms with Crippen molar-refractivity contribution >= 4 is 30.1 Å². The molecule has 2 aliphatic rings. The quantitative estimate of drug-likeness (QED) is 0.596. The Hall–Kier alpha value is -2.32. The van der Waals surface area contributed by atoms with Crippen LogP contribution >= 0.6 is 12.4 Å². The number of piperidine rings is 1.